The van der Waals surface area contributed by atoms with Gasteiger partial charge in [-0.15, -0.1) is 0 Å². The Balaban J connectivity index is 4.51. The largest absolute Gasteiger partial charge is 0.469 e. The molecule has 0 rings (SSSR count). The summed E-state index contributed by atoms with van der Waals surface area (Å²) in [5.41, 5.74) is 0. The smallest absolute Gasteiger partial charge is 0.311 e. The molecule has 0 aromatic heterocycles. The van der Waals surface area contributed by atoms with Crippen LogP contribution in [0.1, 0.15) is 13.3 Å². The number of likely N-dealkylation sites (N-methyl/N-ethyl adjacent to an activating group) is 1. The van der Waals surface area contributed by atoms with Crippen molar-refractivity contribution in [1.29, 1.82) is 0 Å². The lowest BCUT2D eigenvalue weighted by molar-refractivity contribution is -0.151. The topological polar surface area (TPSA) is 95.9 Å². The molecule has 0 aliphatic rings. The Labute approximate surface area is 94.6 Å². The molecule has 0 aliphatic heterocycles. The van der Waals surface area contributed by atoms with Gasteiger partial charge in [0.15, 0.2) is 5.78 Å². The second kappa shape index (κ2) is 7.32. The van der Waals surface area contributed by atoms with Crippen LogP contribution in [0.15, 0.2) is 0 Å². The van der Waals surface area contributed by atoms with Gasteiger partial charge >= 0.3 is 5.97 Å². The summed E-state index contributed by atoms with van der Waals surface area (Å²) in [7, 11) is 2.73. The molecule has 3 N–H and O–H groups in total. The van der Waals surface area contributed by atoms with Crippen LogP contribution < -0.4 is 5.32 Å². The molecule has 0 spiro atoms. The fourth-order valence-electron chi connectivity index (χ4n) is 1.32. The van der Waals surface area contributed by atoms with Crippen LogP contribution in [-0.4, -0.2) is 54.9 Å². The van der Waals surface area contributed by atoms with Gasteiger partial charge in [-0.2, -0.15) is 0 Å². The summed E-state index contributed by atoms with van der Waals surface area (Å²) in [4.78, 5) is 22.9. The molecule has 0 fully saturated rings. The van der Waals surface area contributed by atoms with E-state index in [0.29, 0.717) is 0 Å². The lowest BCUT2D eigenvalue weighted by Crippen LogP contribution is -2.40. The van der Waals surface area contributed by atoms with Crippen molar-refractivity contribution in [3.63, 3.8) is 0 Å². The van der Waals surface area contributed by atoms with Gasteiger partial charge in [-0.25, -0.2) is 0 Å². The number of hydrogen-bond donors (Lipinski definition) is 3. The van der Waals surface area contributed by atoms with Crippen molar-refractivity contribution in [3.05, 3.63) is 0 Å². The van der Waals surface area contributed by atoms with Crippen molar-refractivity contribution in [2.75, 3.05) is 20.8 Å². The Kier molecular flexibility index (Phi) is 6.87. The molecule has 0 saturated heterocycles. The van der Waals surface area contributed by atoms with Gasteiger partial charge in [-0.1, -0.05) is 0 Å². The zero-order valence-corrected chi connectivity index (χ0v) is 9.77. The quantitative estimate of drug-likeness (QED) is 0.473. The molecule has 0 bridgehead atoms. The first kappa shape index (κ1) is 15.0. The van der Waals surface area contributed by atoms with Gasteiger partial charge in [0.1, 0.15) is 0 Å². The number of esters is 1. The molecule has 3 atom stereocenters. The van der Waals surface area contributed by atoms with Crippen LogP contribution in [0, 0.1) is 5.92 Å². The van der Waals surface area contributed by atoms with Gasteiger partial charge in [0.25, 0.3) is 0 Å². The van der Waals surface area contributed by atoms with E-state index in [-0.39, 0.29) is 18.8 Å². The third-order valence-electron chi connectivity index (χ3n) is 2.43. The summed E-state index contributed by atoms with van der Waals surface area (Å²) >= 11 is 0. The maximum Gasteiger partial charge on any atom is 0.311 e. The number of carbonyl (C=O) groups excluding carboxylic acids is 2. The first-order valence-electron chi connectivity index (χ1n) is 5.04. The van der Waals surface area contributed by atoms with E-state index in [4.69, 9.17) is 5.11 Å². The van der Waals surface area contributed by atoms with E-state index in [1.807, 2.05) is 0 Å². The first-order chi connectivity index (χ1) is 7.47. The highest BCUT2D eigenvalue weighted by Gasteiger charge is 2.29. The normalized spacial score (nSPS) is 16.3. The van der Waals surface area contributed by atoms with Gasteiger partial charge in [0.2, 0.25) is 0 Å². The lowest BCUT2D eigenvalue weighted by Gasteiger charge is -2.19. The molecule has 0 radical (unpaired) electrons. The molecule has 0 aliphatic carbocycles. The average molecular weight is 233 g/mol. The summed E-state index contributed by atoms with van der Waals surface area (Å²) in [5.74, 6) is -1.85. The number of carbonyl (C=O) groups is 2. The zero-order valence-electron chi connectivity index (χ0n) is 9.77. The van der Waals surface area contributed by atoms with Crippen LogP contribution >= 0.6 is 0 Å². The van der Waals surface area contributed by atoms with Crippen molar-refractivity contribution in [1.82, 2.24) is 5.32 Å². The maximum absolute atomic E-state index is 11.6. The van der Waals surface area contributed by atoms with E-state index in [1.54, 1.807) is 0 Å². The number of ketones is 1. The van der Waals surface area contributed by atoms with Gasteiger partial charge in [-0.05, 0) is 14.0 Å². The fraction of sp³-hybridized carbons (Fsp3) is 0.800. The molecule has 94 valence electrons. The first-order valence-corrected chi connectivity index (χ1v) is 5.04. The summed E-state index contributed by atoms with van der Waals surface area (Å²) < 4.78 is 4.49. The Morgan fingerprint density at radius 2 is 2.00 bits per heavy atom. The van der Waals surface area contributed by atoms with E-state index in [9.17, 15) is 14.7 Å². The van der Waals surface area contributed by atoms with Crippen LogP contribution in [0.4, 0.5) is 0 Å². The van der Waals surface area contributed by atoms with Crippen molar-refractivity contribution in [3.8, 4) is 0 Å². The predicted molar refractivity (Wildman–Crippen MR) is 56.7 cm³/mol. The summed E-state index contributed by atoms with van der Waals surface area (Å²) in [6.45, 7) is 1.07. The number of hydrogen-bond acceptors (Lipinski definition) is 6. The lowest BCUT2D eigenvalue weighted by atomic mass is 9.94. The van der Waals surface area contributed by atoms with E-state index in [2.05, 4.69) is 10.1 Å². The number of nitrogens with one attached hydrogen (secondary N) is 1. The van der Waals surface area contributed by atoms with Crippen molar-refractivity contribution in [2.45, 2.75) is 25.5 Å². The highest BCUT2D eigenvalue weighted by molar-refractivity contribution is 5.88. The van der Waals surface area contributed by atoms with E-state index >= 15 is 0 Å². The van der Waals surface area contributed by atoms with Crippen molar-refractivity contribution >= 4 is 11.8 Å². The Hall–Kier alpha value is -0.980. The Bertz CT molecular complexity index is 237. The van der Waals surface area contributed by atoms with Crippen LogP contribution in [0.5, 0.6) is 0 Å². The highest BCUT2D eigenvalue weighted by atomic mass is 16.5. The third kappa shape index (κ3) is 4.26. The monoisotopic (exact) mass is 233 g/mol. The van der Waals surface area contributed by atoms with Gasteiger partial charge in [0.05, 0.1) is 31.8 Å². The number of aliphatic hydroxyl groups excluding tert-OH is 2. The Morgan fingerprint density at radius 1 is 1.44 bits per heavy atom. The molecule has 0 saturated carbocycles. The minimum absolute atomic E-state index is 0.156. The molecular weight excluding hydrogens is 214 g/mol. The second-order valence-electron chi connectivity index (χ2n) is 3.56. The number of rotatable bonds is 7. The van der Waals surface area contributed by atoms with E-state index < -0.39 is 24.0 Å². The third-order valence-corrected chi connectivity index (χ3v) is 2.43. The van der Waals surface area contributed by atoms with Gasteiger partial charge in [-0.3, -0.25) is 9.59 Å². The molecule has 0 aromatic rings. The number of ether oxygens (including phenoxy) is 1. The van der Waals surface area contributed by atoms with Crippen molar-refractivity contribution < 1.29 is 24.5 Å². The maximum atomic E-state index is 11.6. The van der Waals surface area contributed by atoms with Crippen LogP contribution in [0.25, 0.3) is 0 Å². The standard InChI is InChI=1S/C10H19NO5/c1-6(13)7(10(15)16-3)4-9(14)8(5-12)11-2/h6-8,11-13H,4-5H2,1-3H3/t6-,7?,8+/m1/s1. The summed E-state index contributed by atoms with van der Waals surface area (Å²) in [6.07, 6.45) is -1.12. The zero-order chi connectivity index (χ0) is 12.7. The van der Waals surface area contributed by atoms with Crippen LogP contribution in [0.3, 0.4) is 0 Å². The molecule has 16 heavy (non-hydrogen) atoms. The average Bonchev–Trinajstić information content (AvgIpc) is 2.26. The van der Waals surface area contributed by atoms with E-state index in [1.165, 1.54) is 21.1 Å². The van der Waals surface area contributed by atoms with Gasteiger partial charge < -0.3 is 20.3 Å². The molecule has 6 nitrogen and oxygen atoms in total. The number of methoxy groups -OCH3 is 1. The molecule has 1 unspecified atom stereocenters. The highest BCUT2D eigenvalue weighted by Crippen LogP contribution is 2.12. The van der Waals surface area contributed by atoms with Gasteiger partial charge in [0, 0.05) is 6.42 Å². The Morgan fingerprint density at radius 3 is 2.31 bits per heavy atom. The SMILES string of the molecule is CN[C@@H](CO)C(=O)CC(C(=O)OC)[C@@H](C)O. The number of Topliss-reactive ketones (excluding diaryl/α,β-unsaturated/α-hetero) is 1. The summed E-state index contributed by atoms with van der Waals surface area (Å²) in [5, 5.41) is 20.9. The predicted octanol–water partition coefficient (Wildman–Crippen LogP) is -1.30. The molecule has 0 aromatic carbocycles. The summed E-state index contributed by atoms with van der Waals surface area (Å²) in [6, 6.07) is -0.717. The molecular formula is C10H19NO5. The molecule has 0 amide bonds. The van der Waals surface area contributed by atoms with E-state index in [0.717, 1.165) is 0 Å². The van der Waals surface area contributed by atoms with Crippen LogP contribution in [0.2, 0.25) is 0 Å². The minimum atomic E-state index is -0.965. The molecule has 6 heteroatoms. The second-order valence-corrected chi connectivity index (χ2v) is 3.56. The fourth-order valence-corrected chi connectivity index (χ4v) is 1.32. The minimum Gasteiger partial charge on any atom is -0.469 e. The van der Waals surface area contributed by atoms with Crippen LogP contribution in [-0.2, 0) is 14.3 Å². The molecule has 0 heterocycles. The number of aliphatic hydroxyl groups is 2. The van der Waals surface area contributed by atoms with Crippen molar-refractivity contribution in [2.24, 2.45) is 5.92 Å².